The van der Waals surface area contributed by atoms with Crippen molar-refractivity contribution in [3.8, 4) is 0 Å². The minimum Gasteiger partial charge on any atom is -0.359 e. The van der Waals surface area contributed by atoms with Crippen LogP contribution in [0.4, 0.5) is 5.00 Å². The number of carbonyl (C=O) groups is 1. The van der Waals surface area contributed by atoms with Crippen molar-refractivity contribution in [2.45, 2.75) is 13.0 Å². The molecule has 15 heavy (non-hydrogen) atoms. The lowest BCUT2D eigenvalue weighted by molar-refractivity contribution is -0.119. The lowest BCUT2D eigenvalue weighted by Crippen LogP contribution is -2.26. The van der Waals surface area contributed by atoms with Crippen LogP contribution in [0.5, 0.6) is 0 Å². The first-order valence-electron chi connectivity index (χ1n) is 4.81. The van der Waals surface area contributed by atoms with Crippen molar-refractivity contribution in [3.63, 3.8) is 0 Å². The second kappa shape index (κ2) is 4.20. The van der Waals surface area contributed by atoms with Crippen LogP contribution in [0.2, 0.25) is 0 Å². The van der Waals surface area contributed by atoms with Crippen LogP contribution in [0.1, 0.15) is 11.1 Å². The molecule has 1 aliphatic rings. The first-order valence-corrected chi connectivity index (χ1v) is 5.69. The lowest BCUT2D eigenvalue weighted by Gasteiger charge is -2.24. The van der Waals surface area contributed by atoms with E-state index < -0.39 is 0 Å². The largest absolute Gasteiger partial charge is 0.359 e. The van der Waals surface area contributed by atoms with Crippen molar-refractivity contribution in [2.24, 2.45) is 0 Å². The van der Waals surface area contributed by atoms with E-state index in [9.17, 15) is 4.79 Å². The average molecular weight is 226 g/mol. The molecule has 82 valence electrons. The molecule has 1 aliphatic heterocycles. The van der Waals surface area contributed by atoms with Crippen LogP contribution in [0.15, 0.2) is 5.38 Å². The molecule has 1 amide bonds. The number of likely N-dealkylation sites (N-methyl/N-ethyl adjacent to an activating group) is 1. The molecule has 2 heterocycles. The molecular weight excluding hydrogens is 212 g/mol. The van der Waals surface area contributed by atoms with Gasteiger partial charge in [-0.1, -0.05) is 0 Å². The van der Waals surface area contributed by atoms with E-state index in [1.54, 1.807) is 18.4 Å². The molecule has 1 aromatic heterocycles. The van der Waals surface area contributed by atoms with Gasteiger partial charge in [0.15, 0.2) is 0 Å². The number of fused-ring (bicyclic) bond motifs is 1. The van der Waals surface area contributed by atoms with E-state index in [0.29, 0.717) is 19.8 Å². The summed E-state index contributed by atoms with van der Waals surface area (Å²) in [5.41, 5.74) is 2.25. The lowest BCUT2D eigenvalue weighted by atomic mass is 10.1. The Morgan fingerprint density at radius 1 is 1.73 bits per heavy atom. The first kappa shape index (κ1) is 10.4. The normalized spacial score (nSPS) is 14.9. The Morgan fingerprint density at radius 3 is 3.27 bits per heavy atom. The summed E-state index contributed by atoms with van der Waals surface area (Å²) in [6.45, 7) is 1.25. The average Bonchev–Trinajstić information content (AvgIpc) is 2.63. The van der Waals surface area contributed by atoms with Crippen LogP contribution in [0.25, 0.3) is 0 Å². The number of ether oxygens (including phenoxy) is 1. The number of rotatable bonds is 2. The predicted octanol–water partition coefficient (Wildman–Crippen LogP) is 0.960. The van der Waals surface area contributed by atoms with Crippen molar-refractivity contribution < 1.29 is 9.53 Å². The van der Waals surface area contributed by atoms with Gasteiger partial charge in [0.1, 0.15) is 6.73 Å². The first-order chi connectivity index (χ1) is 7.22. The SMILES string of the molecule is CNC(=O)Cc1csc2c1COCN2C. The van der Waals surface area contributed by atoms with E-state index in [2.05, 4.69) is 10.2 Å². The van der Waals surface area contributed by atoms with Gasteiger partial charge in [-0.25, -0.2) is 0 Å². The van der Waals surface area contributed by atoms with E-state index in [0.717, 1.165) is 11.1 Å². The molecule has 0 atom stereocenters. The monoisotopic (exact) mass is 226 g/mol. The van der Waals surface area contributed by atoms with Gasteiger partial charge < -0.3 is 15.0 Å². The smallest absolute Gasteiger partial charge is 0.224 e. The van der Waals surface area contributed by atoms with Crippen LogP contribution >= 0.6 is 11.3 Å². The molecule has 0 radical (unpaired) electrons. The van der Waals surface area contributed by atoms with Gasteiger partial charge >= 0.3 is 0 Å². The maximum Gasteiger partial charge on any atom is 0.224 e. The van der Waals surface area contributed by atoms with Gasteiger partial charge in [-0.2, -0.15) is 0 Å². The second-order valence-corrected chi connectivity index (χ2v) is 4.43. The Bertz CT molecular complexity index is 375. The van der Waals surface area contributed by atoms with E-state index in [4.69, 9.17) is 4.74 Å². The summed E-state index contributed by atoms with van der Waals surface area (Å²) in [5, 5.41) is 5.90. The number of hydrogen-bond acceptors (Lipinski definition) is 4. The maximum atomic E-state index is 11.3. The fraction of sp³-hybridized carbons (Fsp3) is 0.500. The molecule has 5 heteroatoms. The molecule has 0 fully saturated rings. The zero-order valence-electron chi connectivity index (χ0n) is 8.87. The highest BCUT2D eigenvalue weighted by Crippen LogP contribution is 2.34. The molecule has 0 aliphatic carbocycles. The van der Waals surface area contributed by atoms with Crippen molar-refractivity contribution in [3.05, 3.63) is 16.5 Å². The number of nitrogens with one attached hydrogen (secondary N) is 1. The number of hydrogen-bond donors (Lipinski definition) is 1. The zero-order valence-corrected chi connectivity index (χ0v) is 9.69. The van der Waals surface area contributed by atoms with Crippen molar-refractivity contribution in [2.75, 3.05) is 25.7 Å². The standard InChI is InChI=1S/C10H14N2O2S/c1-11-9(13)3-7-5-15-10-8(7)4-14-6-12(10)2/h5H,3-4,6H2,1-2H3,(H,11,13). The molecule has 0 unspecified atom stereocenters. The summed E-state index contributed by atoms with van der Waals surface area (Å²) in [7, 11) is 3.65. The Balaban J connectivity index is 2.23. The Hall–Kier alpha value is -1.07. The van der Waals surface area contributed by atoms with Crippen LogP contribution in [-0.4, -0.2) is 26.7 Å². The minimum absolute atomic E-state index is 0.0452. The predicted molar refractivity (Wildman–Crippen MR) is 60.1 cm³/mol. The van der Waals surface area contributed by atoms with Gasteiger partial charge in [-0.3, -0.25) is 4.79 Å². The Labute approximate surface area is 92.8 Å². The molecule has 0 saturated heterocycles. The summed E-state index contributed by atoms with van der Waals surface area (Å²) in [5.74, 6) is 0.0452. The van der Waals surface area contributed by atoms with E-state index in [1.165, 1.54) is 5.00 Å². The third-order valence-corrected chi connectivity index (χ3v) is 3.65. The van der Waals surface area contributed by atoms with Gasteiger partial charge in [0, 0.05) is 19.7 Å². The van der Waals surface area contributed by atoms with Gasteiger partial charge in [0.2, 0.25) is 5.91 Å². The van der Waals surface area contributed by atoms with Crippen molar-refractivity contribution in [1.82, 2.24) is 5.32 Å². The van der Waals surface area contributed by atoms with Crippen LogP contribution in [0.3, 0.4) is 0 Å². The molecule has 2 rings (SSSR count). The molecule has 1 aromatic rings. The topological polar surface area (TPSA) is 41.6 Å². The molecule has 0 aromatic carbocycles. The summed E-state index contributed by atoms with van der Waals surface area (Å²) in [6, 6.07) is 0. The maximum absolute atomic E-state index is 11.3. The Kier molecular flexibility index (Phi) is 2.93. The van der Waals surface area contributed by atoms with E-state index in [1.807, 2.05) is 12.4 Å². The summed E-state index contributed by atoms with van der Waals surface area (Å²) in [6.07, 6.45) is 0.444. The zero-order chi connectivity index (χ0) is 10.8. The van der Waals surface area contributed by atoms with Crippen LogP contribution in [-0.2, 0) is 22.6 Å². The number of carbonyl (C=O) groups excluding carboxylic acids is 1. The molecule has 0 spiro atoms. The Morgan fingerprint density at radius 2 is 2.53 bits per heavy atom. The highest BCUT2D eigenvalue weighted by molar-refractivity contribution is 7.14. The summed E-state index contributed by atoms with van der Waals surface area (Å²) >= 11 is 1.68. The van der Waals surface area contributed by atoms with Gasteiger partial charge in [-0.15, -0.1) is 11.3 Å². The highest BCUT2D eigenvalue weighted by atomic mass is 32.1. The molecule has 0 bridgehead atoms. The highest BCUT2D eigenvalue weighted by Gasteiger charge is 2.20. The quantitative estimate of drug-likeness (QED) is 0.816. The summed E-state index contributed by atoms with van der Waals surface area (Å²) in [4.78, 5) is 13.4. The number of nitrogens with zero attached hydrogens (tertiary/aromatic N) is 1. The number of amides is 1. The number of anilines is 1. The molecule has 1 N–H and O–H groups in total. The number of thiophene rings is 1. The van der Waals surface area contributed by atoms with E-state index >= 15 is 0 Å². The third kappa shape index (κ3) is 1.98. The van der Waals surface area contributed by atoms with Gasteiger partial charge in [0.25, 0.3) is 0 Å². The summed E-state index contributed by atoms with van der Waals surface area (Å²) < 4.78 is 5.42. The van der Waals surface area contributed by atoms with E-state index in [-0.39, 0.29) is 5.91 Å². The van der Waals surface area contributed by atoms with Crippen molar-refractivity contribution >= 4 is 22.2 Å². The second-order valence-electron chi connectivity index (χ2n) is 3.57. The fourth-order valence-corrected chi connectivity index (χ4v) is 2.68. The van der Waals surface area contributed by atoms with Gasteiger partial charge in [0.05, 0.1) is 18.0 Å². The fourth-order valence-electron chi connectivity index (χ4n) is 1.63. The molecule has 4 nitrogen and oxygen atoms in total. The minimum atomic E-state index is 0.0452. The van der Waals surface area contributed by atoms with Crippen LogP contribution in [0, 0.1) is 0 Å². The van der Waals surface area contributed by atoms with Crippen LogP contribution < -0.4 is 10.2 Å². The molecular formula is C10H14N2O2S. The third-order valence-electron chi connectivity index (χ3n) is 2.47. The molecule has 0 saturated carbocycles. The van der Waals surface area contributed by atoms with Gasteiger partial charge in [-0.05, 0) is 10.9 Å². The van der Waals surface area contributed by atoms with Crippen molar-refractivity contribution in [1.29, 1.82) is 0 Å².